The Bertz CT molecular complexity index is 139. The smallest absolute Gasteiger partial charge is 0.219 e. The van der Waals surface area contributed by atoms with Gasteiger partial charge in [0.25, 0.3) is 0 Å². The molecule has 1 aliphatic rings. The number of likely N-dealkylation sites (tertiary alicyclic amines) is 1. The molecule has 0 spiro atoms. The van der Waals surface area contributed by atoms with Crippen LogP contribution in [-0.2, 0) is 4.79 Å². The summed E-state index contributed by atoms with van der Waals surface area (Å²) in [4.78, 5) is 12.6. The molecular formula is C20H49NO. The van der Waals surface area contributed by atoms with E-state index in [9.17, 15) is 4.79 Å². The van der Waals surface area contributed by atoms with Crippen molar-refractivity contribution in [1.82, 2.24) is 4.90 Å². The first-order valence-electron chi connectivity index (χ1n) is 9.89. The van der Waals surface area contributed by atoms with E-state index in [1.165, 1.54) is 38.5 Å². The average Bonchev–Trinajstić information content (AvgIpc) is 2.62. The number of hydrogen-bond acceptors (Lipinski definition) is 1. The maximum Gasteiger partial charge on any atom is 0.219 e. The highest BCUT2D eigenvalue weighted by atomic mass is 16.2. The third kappa shape index (κ3) is 42.7. The Balaban J connectivity index is -0.0000000631. The van der Waals surface area contributed by atoms with E-state index in [0.29, 0.717) is 0 Å². The third-order valence-corrected chi connectivity index (χ3v) is 2.30. The molecule has 1 fully saturated rings. The molecule has 1 heterocycles. The highest BCUT2D eigenvalue weighted by molar-refractivity contribution is 5.73. The fourth-order valence-electron chi connectivity index (χ4n) is 1.21. The van der Waals surface area contributed by atoms with Crippen LogP contribution in [-0.4, -0.2) is 23.9 Å². The van der Waals surface area contributed by atoms with Gasteiger partial charge in [-0.25, -0.2) is 0 Å². The van der Waals surface area contributed by atoms with Gasteiger partial charge in [-0.3, -0.25) is 4.79 Å². The molecule has 1 rings (SSSR count). The van der Waals surface area contributed by atoms with E-state index in [-0.39, 0.29) is 5.91 Å². The summed E-state index contributed by atoms with van der Waals surface area (Å²) in [5.41, 5.74) is 0. The first-order valence-corrected chi connectivity index (χ1v) is 9.89. The summed E-state index contributed by atoms with van der Waals surface area (Å²) in [5.74, 6) is 0.231. The monoisotopic (exact) mass is 319 g/mol. The van der Waals surface area contributed by atoms with Crippen molar-refractivity contribution in [3.63, 3.8) is 0 Å². The van der Waals surface area contributed by atoms with Gasteiger partial charge in [0.1, 0.15) is 0 Å². The Morgan fingerprint density at radius 3 is 1.14 bits per heavy atom. The Labute approximate surface area is 144 Å². The Hall–Kier alpha value is -0.530. The van der Waals surface area contributed by atoms with Gasteiger partial charge >= 0.3 is 0 Å². The predicted molar refractivity (Wildman–Crippen MR) is 107 cm³/mol. The topological polar surface area (TPSA) is 20.3 Å². The molecular weight excluding hydrogens is 270 g/mol. The van der Waals surface area contributed by atoms with Crippen molar-refractivity contribution < 1.29 is 4.79 Å². The van der Waals surface area contributed by atoms with Crippen LogP contribution in [0.15, 0.2) is 0 Å². The Morgan fingerprint density at radius 1 is 0.727 bits per heavy atom. The summed E-state index contributed by atoms with van der Waals surface area (Å²) < 4.78 is 0. The standard InChI is InChI=1S/C7H13NO.C4H10.C3H8.3C2H6/c1-7(9)8-5-3-2-4-6-8;1-3-4-2;1-3-2;3*1-2/h2-6H2,1H3;3-4H2,1-2H3;3H2,1-2H3;3*1-2H3. The molecule has 0 radical (unpaired) electrons. The Morgan fingerprint density at radius 2 is 1.00 bits per heavy atom. The van der Waals surface area contributed by atoms with E-state index < -0.39 is 0 Å². The maximum absolute atomic E-state index is 10.7. The van der Waals surface area contributed by atoms with E-state index >= 15 is 0 Å². The molecule has 2 nitrogen and oxygen atoms in total. The van der Waals surface area contributed by atoms with E-state index in [1.807, 2.05) is 46.4 Å². The number of carbonyl (C=O) groups excluding carboxylic acids is 1. The predicted octanol–water partition coefficient (Wildman–Crippen LogP) is 7.32. The van der Waals surface area contributed by atoms with Gasteiger partial charge in [0.15, 0.2) is 0 Å². The highest BCUT2D eigenvalue weighted by Crippen LogP contribution is 2.07. The number of unbranched alkanes of at least 4 members (excludes halogenated alkanes) is 1. The molecule has 2 heteroatoms. The van der Waals surface area contributed by atoms with Gasteiger partial charge in [0.05, 0.1) is 0 Å². The van der Waals surface area contributed by atoms with Crippen molar-refractivity contribution in [2.24, 2.45) is 0 Å². The van der Waals surface area contributed by atoms with Crippen LogP contribution in [0, 0.1) is 0 Å². The summed E-state index contributed by atoms with van der Waals surface area (Å²) >= 11 is 0. The van der Waals surface area contributed by atoms with Gasteiger partial charge in [0.2, 0.25) is 5.91 Å². The molecule has 22 heavy (non-hydrogen) atoms. The first-order chi connectivity index (χ1) is 10.6. The number of amides is 1. The lowest BCUT2D eigenvalue weighted by Crippen LogP contribution is -2.33. The van der Waals surface area contributed by atoms with Crippen LogP contribution in [0.25, 0.3) is 0 Å². The zero-order valence-corrected chi connectivity index (χ0v) is 18.0. The second kappa shape index (κ2) is 42.8. The molecule has 0 saturated carbocycles. The van der Waals surface area contributed by atoms with Crippen LogP contribution in [0.4, 0.5) is 0 Å². The van der Waals surface area contributed by atoms with Crippen LogP contribution in [0.2, 0.25) is 0 Å². The van der Waals surface area contributed by atoms with Crippen molar-refractivity contribution in [3.8, 4) is 0 Å². The minimum atomic E-state index is 0.231. The van der Waals surface area contributed by atoms with Gasteiger partial charge in [-0.05, 0) is 19.3 Å². The number of piperidine rings is 1. The van der Waals surface area contributed by atoms with Crippen molar-refractivity contribution >= 4 is 5.91 Å². The zero-order valence-electron chi connectivity index (χ0n) is 18.0. The van der Waals surface area contributed by atoms with Gasteiger partial charge < -0.3 is 4.90 Å². The highest BCUT2D eigenvalue weighted by Gasteiger charge is 2.10. The molecule has 0 atom stereocenters. The fourth-order valence-corrected chi connectivity index (χ4v) is 1.21. The zero-order chi connectivity index (χ0) is 18.8. The molecule has 1 amide bonds. The van der Waals surface area contributed by atoms with E-state index in [2.05, 4.69) is 27.7 Å². The van der Waals surface area contributed by atoms with Crippen LogP contribution in [0.5, 0.6) is 0 Å². The largest absolute Gasteiger partial charge is 0.343 e. The van der Waals surface area contributed by atoms with Crippen LogP contribution < -0.4 is 0 Å². The second-order valence-corrected chi connectivity index (χ2v) is 4.27. The maximum atomic E-state index is 10.7. The summed E-state index contributed by atoms with van der Waals surface area (Å²) in [6.45, 7) is 24.2. The summed E-state index contributed by atoms with van der Waals surface area (Å²) in [6.07, 6.45) is 7.57. The molecule has 1 aliphatic heterocycles. The van der Waals surface area contributed by atoms with Crippen LogP contribution >= 0.6 is 0 Å². The van der Waals surface area contributed by atoms with Crippen molar-refractivity contribution in [2.75, 3.05) is 13.1 Å². The number of nitrogens with zero attached hydrogens (tertiary/aromatic N) is 1. The van der Waals surface area contributed by atoms with E-state index in [4.69, 9.17) is 0 Å². The molecule has 0 bridgehead atoms. The molecule has 0 unspecified atom stereocenters. The lowest BCUT2D eigenvalue weighted by Gasteiger charge is -2.24. The number of carbonyl (C=O) groups is 1. The van der Waals surface area contributed by atoms with Gasteiger partial charge in [-0.15, -0.1) is 0 Å². The molecule has 1 saturated heterocycles. The van der Waals surface area contributed by atoms with Gasteiger partial charge in [-0.2, -0.15) is 0 Å². The van der Waals surface area contributed by atoms with E-state index in [0.717, 1.165) is 13.1 Å². The number of rotatable bonds is 1. The summed E-state index contributed by atoms with van der Waals surface area (Å²) in [7, 11) is 0. The van der Waals surface area contributed by atoms with Crippen molar-refractivity contribution in [1.29, 1.82) is 0 Å². The lowest BCUT2D eigenvalue weighted by atomic mass is 10.1. The fraction of sp³-hybridized carbons (Fsp3) is 0.950. The normalized spacial score (nSPS) is 11.1. The third-order valence-electron chi connectivity index (χ3n) is 2.30. The molecule has 0 aromatic rings. The van der Waals surface area contributed by atoms with Crippen LogP contribution in [0.3, 0.4) is 0 Å². The Kier molecular flexibility index (Phi) is 64.5. The molecule has 140 valence electrons. The van der Waals surface area contributed by atoms with Crippen LogP contribution in [0.1, 0.15) is 115 Å². The molecule has 0 aromatic heterocycles. The van der Waals surface area contributed by atoms with Gasteiger partial charge in [0, 0.05) is 20.0 Å². The lowest BCUT2D eigenvalue weighted by molar-refractivity contribution is -0.129. The van der Waals surface area contributed by atoms with Crippen molar-refractivity contribution in [2.45, 2.75) is 115 Å². The molecule has 0 aliphatic carbocycles. The molecule has 0 aromatic carbocycles. The quantitative estimate of drug-likeness (QED) is 0.495. The average molecular weight is 320 g/mol. The summed E-state index contributed by atoms with van der Waals surface area (Å²) in [5, 5.41) is 0. The SMILES string of the molecule is CC.CC.CC.CC(=O)N1CCCCC1.CCC.CCCC. The van der Waals surface area contributed by atoms with Gasteiger partial charge in [-0.1, -0.05) is 88.5 Å². The van der Waals surface area contributed by atoms with Crippen molar-refractivity contribution in [3.05, 3.63) is 0 Å². The number of hydrogen-bond donors (Lipinski definition) is 0. The minimum Gasteiger partial charge on any atom is -0.343 e. The minimum absolute atomic E-state index is 0.231. The second-order valence-electron chi connectivity index (χ2n) is 4.27. The first kappa shape index (κ1) is 33.2. The summed E-state index contributed by atoms with van der Waals surface area (Å²) in [6, 6.07) is 0. The molecule has 0 N–H and O–H groups in total. The van der Waals surface area contributed by atoms with E-state index in [1.54, 1.807) is 6.92 Å².